The van der Waals surface area contributed by atoms with Crippen molar-refractivity contribution in [2.75, 3.05) is 6.54 Å². The Labute approximate surface area is 247 Å². The average molecular weight is 542 g/mol. The van der Waals surface area contributed by atoms with Crippen molar-refractivity contribution in [3.05, 3.63) is 152 Å². The Morgan fingerprint density at radius 2 is 0.833 bits per heavy atom. The van der Waals surface area contributed by atoms with Gasteiger partial charge in [0, 0.05) is 48.7 Å². The molecule has 0 spiro atoms. The summed E-state index contributed by atoms with van der Waals surface area (Å²) in [6.45, 7) is 1.05. The van der Waals surface area contributed by atoms with Crippen LogP contribution >= 0.6 is 0 Å². The van der Waals surface area contributed by atoms with Gasteiger partial charge in [-0.15, -0.1) is 0 Å². The molecule has 1 aliphatic rings. The van der Waals surface area contributed by atoms with Crippen molar-refractivity contribution < 1.29 is 0 Å². The van der Waals surface area contributed by atoms with E-state index in [-0.39, 0.29) is 0 Å². The highest BCUT2D eigenvalue weighted by atomic mass is 14.8. The van der Waals surface area contributed by atoms with Gasteiger partial charge in [-0.3, -0.25) is 9.97 Å². The molecule has 0 atom stereocenters. The maximum absolute atomic E-state index is 4.34. The number of nitrogens with one attached hydrogen (secondary N) is 1. The van der Waals surface area contributed by atoms with Gasteiger partial charge in [0.2, 0.25) is 0 Å². The lowest BCUT2D eigenvalue weighted by atomic mass is 9.90. The first kappa shape index (κ1) is 25.7. The highest BCUT2D eigenvalue weighted by molar-refractivity contribution is 5.85. The van der Waals surface area contributed by atoms with E-state index in [1.807, 2.05) is 36.9 Å². The molecule has 0 amide bonds. The van der Waals surface area contributed by atoms with E-state index in [1.165, 1.54) is 44.5 Å². The lowest BCUT2D eigenvalue weighted by molar-refractivity contribution is 0.740. The number of hydrogen-bond acceptors (Lipinski definition) is 3. The SMILES string of the molecule is C1=C(c2cccc(-c3cc(-c4cccc(-c5cccnc5)c4)cc(-c4cccc(-c5cccnc5)c4)c3)c2)CCCN1. The van der Waals surface area contributed by atoms with Crippen molar-refractivity contribution in [2.45, 2.75) is 12.8 Å². The van der Waals surface area contributed by atoms with E-state index < -0.39 is 0 Å². The predicted octanol–water partition coefficient (Wildman–Crippen LogP) is 9.54. The second-order valence-corrected chi connectivity index (χ2v) is 10.8. The van der Waals surface area contributed by atoms with Crippen LogP contribution in [0.5, 0.6) is 0 Å². The third kappa shape index (κ3) is 5.50. The third-order valence-corrected chi connectivity index (χ3v) is 7.92. The maximum Gasteiger partial charge on any atom is 0.0346 e. The number of benzene rings is 4. The van der Waals surface area contributed by atoms with E-state index in [9.17, 15) is 0 Å². The zero-order valence-corrected chi connectivity index (χ0v) is 23.4. The lowest BCUT2D eigenvalue weighted by Gasteiger charge is -2.16. The lowest BCUT2D eigenvalue weighted by Crippen LogP contribution is -2.13. The van der Waals surface area contributed by atoms with Crippen LogP contribution in [0.15, 0.2) is 146 Å². The van der Waals surface area contributed by atoms with Gasteiger partial charge < -0.3 is 5.32 Å². The van der Waals surface area contributed by atoms with Crippen LogP contribution in [0, 0.1) is 0 Å². The zero-order chi connectivity index (χ0) is 28.1. The molecule has 0 aliphatic carbocycles. The molecule has 202 valence electrons. The summed E-state index contributed by atoms with van der Waals surface area (Å²) in [6.07, 6.45) is 11.9. The summed E-state index contributed by atoms with van der Waals surface area (Å²) in [7, 11) is 0. The molecule has 7 rings (SSSR count). The summed E-state index contributed by atoms with van der Waals surface area (Å²) in [6, 6.07) is 41.6. The smallest absolute Gasteiger partial charge is 0.0346 e. The van der Waals surface area contributed by atoms with Gasteiger partial charge in [0.15, 0.2) is 0 Å². The first-order valence-corrected chi connectivity index (χ1v) is 14.5. The molecule has 4 aromatic carbocycles. The van der Waals surface area contributed by atoms with Crippen molar-refractivity contribution in [1.29, 1.82) is 0 Å². The van der Waals surface area contributed by atoms with Crippen LogP contribution in [-0.2, 0) is 0 Å². The van der Waals surface area contributed by atoms with E-state index in [2.05, 4.69) is 125 Å². The molecule has 3 nitrogen and oxygen atoms in total. The molecule has 0 radical (unpaired) electrons. The number of pyridine rings is 2. The molecule has 0 bridgehead atoms. The molecule has 0 unspecified atom stereocenters. The third-order valence-electron chi connectivity index (χ3n) is 7.92. The number of allylic oxidation sites excluding steroid dienone is 1. The normalized spacial score (nSPS) is 12.8. The van der Waals surface area contributed by atoms with E-state index in [1.54, 1.807) is 0 Å². The van der Waals surface area contributed by atoms with Crippen LogP contribution in [-0.4, -0.2) is 16.5 Å². The van der Waals surface area contributed by atoms with Crippen molar-refractivity contribution >= 4 is 5.57 Å². The van der Waals surface area contributed by atoms with Crippen LogP contribution in [0.4, 0.5) is 0 Å². The van der Waals surface area contributed by atoms with Gasteiger partial charge in [-0.1, -0.05) is 66.7 Å². The quantitative estimate of drug-likeness (QED) is 0.228. The zero-order valence-electron chi connectivity index (χ0n) is 23.4. The van der Waals surface area contributed by atoms with Crippen molar-refractivity contribution in [3.63, 3.8) is 0 Å². The first-order chi connectivity index (χ1) is 20.8. The fraction of sp³-hybridized carbons (Fsp3) is 0.0769. The molecular formula is C39H31N3. The van der Waals surface area contributed by atoms with Crippen molar-refractivity contribution in [1.82, 2.24) is 15.3 Å². The van der Waals surface area contributed by atoms with E-state index in [0.717, 1.165) is 41.6 Å². The highest BCUT2D eigenvalue weighted by Gasteiger charge is 2.12. The fourth-order valence-electron chi connectivity index (χ4n) is 5.73. The van der Waals surface area contributed by atoms with Gasteiger partial charge >= 0.3 is 0 Å². The molecule has 3 heteroatoms. The summed E-state index contributed by atoms with van der Waals surface area (Å²) in [5.41, 5.74) is 14.3. The number of aromatic nitrogens is 2. The van der Waals surface area contributed by atoms with Crippen molar-refractivity contribution in [2.24, 2.45) is 0 Å². The highest BCUT2D eigenvalue weighted by Crippen LogP contribution is 2.36. The summed E-state index contributed by atoms with van der Waals surface area (Å²) >= 11 is 0. The number of nitrogens with zero attached hydrogens (tertiary/aromatic N) is 2. The Balaban J connectivity index is 1.37. The van der Waals surface area contributed by atoms with Crippen molar-refractivity contribution in [3.8, 4) is 55.6 Å². The van der Waals surface area contributed by atoms with E-state index in [0.29, 0.717) is 0 Å². The summed E-state index contributed by atoms with van der Waals surface area (Å²) in [5, 5.41) is 3.42. The van der Waals surface area contributed by atoms with Gasteiger partial charge in [-0.05, 0) is 117 Å². The maximum atomic E-state index is 4.34. The molecule has 0 saturated carbocycles. The standard InChI is InChI=1S/C39H31N3/c1-7-28(34-13-4-16-40-25-34)19-31(10-1)37-22-38(32-11-2-8-29(20-32)35-14-5-17-41-26-35)24-39(23-37)33-12-3-9-30(21-33)36-15-6-18-42-27-36/h1-5,7-14,16-17,19-27,42H,6,15,18H2. The average Bonchev–Trinajstić information content (AvgIpc) is 3.09. The second kappa shape index (κ2) is 11.7. The minimum Gasteiger partial charge on any atom is -0.391 e. The molecule has 42 heavy (non-hydrogen) atoms. The monoisotopic (exact) mass is 541 g/mol. The molecule has 3 heterocycles. The topological polar surface area (TPSA) is 37.8 Å². The van der Waals surface area contributed by atoms with E-state index in [4.69, 9.17) is 0 Å². The molecule has 0 saturated heterocycles. The molecule has 1 N–H and O–H groups in total. The van der Waals surface area contributed by atoms with Crippen LogP contribution < -0.4 is 5.32 Å². The molecule has 1 aliphatic heterocycles. The van der Waals surface area contributed by atoms with Gasteiger partial charge in [-0.2, -0.15) is 0 Å². The number of rotatable bonds is 6. The van der Waals surface area contributed by atoms with Crippen LogP contribution in [0.25, 0.3) is 61.2 Å². The minimum atomic E-state index is 1.05. The molecular weight excluding hydrogens is 510 g/mol. The van der Waals surface area contributed by atoms with E-state index >= 15 is 0 Å². The largest absolute Gasteiger partial charge is 0.391 e. The Kier molecular flexibility index (Phi) is 7.14. The number of hydrogen-bond donors (Lipinski definition) is 1. The van der Waals surface area contributed by atoms with Crippen LogP contribution in [0.2, 0.25) is 0 Å². The van der Waals surface area contributed by atoms with Gasteiger partial charge in [-0.25, -0.2) is 0 Å². The Morgan fingerprint density at radius 3 is 1.26 bits per heavy atom. The summed E-state index contributed by atoms with van der Waals surface area (Å²) in [4.78, 5) is 8.68. The Hall–Kier alpha value is -5.28. The Bertz CT molecular complexity index is 1770. The Morgan fingerprint density at radius 1 is 0.429 bits per heavy atom. The van der Waals surface area contributed by atoms with Crippen LogP contribution in [0.1, 0.15) is 18.4 Å². The van der Waals surface area contributed by atoms with Gasteiger partial charge in [0.05, 0.1) is 0 Å². The van der Waals surface area contributed by atoms with Gasteiger partial charge in [0.1, 0.15) is 0 Å². The molecule has 0 fully saturated rings. The molecule has 2 aromatic heterocycles. The summed E-state index contributed by atoms with van der Waals surface area (Å²) in [5.74, 6) is 0. The predicted molar refractivity (Wildman–Crippen MR) is 174 cm³/mol. The molecule has 6 aromatic rings. The van der Waals surface area contributed by atoms with Gasteiger partial charge in [0.25, 0.3) is 0 Å². The second-order valence-electron chi connectivity index (χ2n) is 10.8. The summed E-state index contributed by atoms with van der Waals surface area (Å²) < 4.78 is 0. The minimum absolute atomic E-state index is 1.05. The first-order valence-electron chi connectivity index (χ1n) is 14.5. The fourth-order valence-corrected chi connectivity index (χ4v) is 5.73. The van der Waals surface area contributed by atoms with Crippen LogP contribution in [0.3, 0.4) is 0 Å².